The molecule has 5 heteroatoms. The van der Waals surface area contributed by atoms with Crippen LogP contribution in [0.25, 0.3) is 10.9 Å². The summed E-state index contributed by atoms with van der Waals surface area (Å²) in [5, 5.41) is 14.6. The lowest BCUT2D eigenvalue weighted by atomic mass is 10.1. The van der Waals surface area contributed by atoms with Crippen molar-refractivity contribution >= 4 is 16.7 Å². The van der Waals surface area contributed by atoms with Crippen molar-refractivity contribution in [2.75, 3.05) is 44.7 Å². The number of hydrogen-bond acceptors (Lipinski definition) is 5. The van der Waals surface area contributed by atoms with Crippen LogP contribution in [0.3, 0.4) is 0 Å². The highest BCUT2D eigenvalue weighted by atomic mass is 16.5. The van der Waals surface area contributed by atoms with Gasteiger partial charge in [0, 0.05) is 31.6 Å². The van der Waals surface area contributed by atoms with Gasteiger partial charge in [0.25, 0.3) is 0 Å². The molecule has 0 bridgehead atoms. The van der Waals surface area contributed by atoms with Crippen molar-refractivity contribution in [3.63, 3.8) is 0 Å². The molecule has 0 amide bonds. The van der Waals surface area contributed by atoms with Crippen LogP contribution in [0.15, 0.2) is 30.3 Å². The molecule has 2 heterocycles. The highest BCUT2D eigenvalue weighted by molar-refractivity contribution is 5.81. The van der Waals surface area contributed by atoms with Crippen molar-refractivity contribution in [2.24, 2.45) is 0 Å². The number of benzene rings is 1. The summed E-state index contributed by atoms with van der Waals surface area (Å²) in [6.07, 6.45) is -0.411. The van der Waals surface area contributed by atoms with Gasteiger partial charge in [0.2, 0.25) is 0 Å². The van der Waals surface area contributed by atoms with Gasteiger partial charge in [-0.1, -0.05) is 18.2 Å². The predicted octanol–water partition coefficient (Wildman–Crippen LogP) is 1.65. The minimum atomic E-state index is -0.411. The zero-order valence-electron chi connectivity index (χ0n) is 13.0. The number of aliphatic hydroxyl groups is 1. The number of nitrogens with one attached hydrogen (secondary N) is 1. The van der Waals surface area contributed by atoms with E-state index < -0.39 is 6.10 Å². The Balaban J connectivity index is 1.59. The molecule has 118 valence electrons. The van der Waals surface area contributed by atoms with Gasteiger partial charge in [-0.15, -0.1) is 0 Å². The summed E-state index contributed by atoms with van der Waals surface area (Å²) < 4.78 is 5.32. The average Bonchev–Trinajstić information content (AvgIpc) is 2.54. The predicted molar refractivity (Wildman–Crippen MR) is 88.2 cm³/mol. The third kappa shape index (κ3) is 3.74. The van der Waals surface area contributed by atoms with Crippen LogP contribution in [-0.2, 0) is 4.74 Å². The Hall–Kier alpha value is -1.69. The number of para-hydroxylation sites is 1. The Kier molecular flexibility index (Phi) is 4.87. The Labute approximate surface area is 130 Å². The Morgan fingerprint density at radius 3 is 2.91 bits per heavy atom. The first-order valence-electron chi connectivity index (χ1n) is 7.81. The van der Waals surface area contributed by atoms with Crippen LogP contribution in [0.2, 0.25) is 0 Å². The van der Waals surface area contributed by atoms with E-state index in [4.69, 9.17) is 4.74 Å². The zero-order valence-corrected chi connectivity index (χ0v) is 13.0. The average molecular weight is 301 g/mol. The van der Waals surface area contributed by atoms with Gasteiger partial charge < -0.3 is 15.2 Å². The van der Waals surface area contributed by atoms with Gasteiger partial charge in [-0.3, -0.25) is 4.90 Å². The van der Waals surface area contributed by atoms with Crippen molar-refractivity contribution in [3.05, 3.63) is 35.9 Å². The van der Waals surface area contributed by atoms with Crippen molar-refractivity contribution in [1.82, 2.24) is 9.88 Å². The molecule has 2 aromatic rings. The fraction of sp³-hybridized carbons (Fsp3) is 0.471. The third-order valence-electron chi connectivity index (χ3n) is 3.99. The molecule has 1 aromatic carbocycles. The topological polar surface area (TPSA) is 57.6 Å². The highest BCUT2D eigenvalue weighted by Crippen LogP contribution is 2.19. The van der Waals surface area contributed by atoms with Gasteiger partial charge >= 0.3 is 0 Å². The van der Waals surface area contributed by atoms with Crippen LogP contribution >= 0.6 is 0 Å². The number of β-amino-alcohol motifs (C(OH)–C–C–N with tert-alkyl or cyclic N) is 1. The van der Waals surface area contributed by atoms with Gasteiger partial charge in [0.1, 0.15) is 5.82 Å². The fourth-order valence-electron chi connectivity index (χ4n) is 2.76. The van der Waals surface area contributed by atoms with E-state index in [1.54, 1.807) is 0 Å². The number of nitrogens with zero attached hydrogens (tertiary/aromatic N) is 2. The lowest BCUT2D eigenvalue weighted by Crippen LogP contribution is -2.42. The Morgan fingerprint density at radius 1 is 1.32 bits per heavy atom. The summed E-state index contributed by atoms with van der Waals surface area (Å²) in [6, 6.07) is 10.2. The Morgan fingerprint density at radius 2 is 2.09 bits per heavy atom. The number of hydrogen-bond donors (Lipinski definition) is 2. The second-order valence-corrected chi connectivity index (χ2v) is 5.79. The maximum Gasteiger partial charge on any atom is 0.129 e. The van der Waals surface area contributed by atoms with Gasteiger partial charge in [-0.25, -0.2) is 4.98 Å². The van der Waals surface area contributed by atoms with Crippen molar-refractivity contribution < 1.29 is 9.84 Å². The standard InChI is InChI=1S/C17H23N3O2/c1-13-10-14-4-2-3-5-16(14)19-17(13)18-11-15(21)12-20-6-8-22-9-7-20/h2-5,10,15,21H,6-9,11-12H2,1H3,(H,18,19)/t15-/m1/s1. The van der Waals surface area contributed by atoms with Crippen LogP contribution in [0.4, 0.5) is 5.82 Å². The molecule has 3 rings (SSSR count). The lowest BCUT2D eigenvalue weighted by Gasteiger charge is -2.28. The number of aryl methyl sites for hydroxylation is 1. The first kappa shape index (κ1) is 15.2. The monoisotopic (exact) mass is 301 g/mol. The number of rotatable bonds is 5. The van der Waals surface area contributed by atoms with Crippen LogP contribution in [0.5, 0.6) is 0 Å². The summed E-state index contributed by atoms with van der Waals surface area (Å²) >= 11 is 0. The number of pyridine rings is 1. The van der Waals surface area contributed by atoms with Crippen molar-refractivity contribution in [3.8, 4) is 0 Å². The molecule has 0 saturated carbocycles. The van der Waals surface area contributed by atoms with E-state index in [1.807, 2.05) is 25.1 Å². The maximum absolute atomic E-state index is 10.2. The molecular formula is C17H23N3O2. The molecule has 0 radical (unpaired) electrons. The van der Waals surface area contributed by atoms with Crippen LogP contribution in [0.1, 0.15) is 5.56 Å². The van der Waals surface area contributed by atoms with Crippen LogP contribution in [0, 0.1) is 6.92 Å². The normalized spacial score (nSPS) is 17.5. The van der Waals surface area contributed by atoms with E-state index in [9.17, 15) is 5.11 Å². The molecule has 1 atom stereocenters. The molecule has 1 fully saturated rings. The maximum atomic E-state index is 10.2. The van der Waals surface area contributed by atoms with Gasteiger partial charge in [0.15, 0.2) is 0 Å². The quantitative estimate of drug-likeness (QED) is 0.879. The van der Waals surface area contributed by atoms with Gasteiger partial charge in [-0.05, 0) is 24.6 Å². The van der Waals surface area contributed by atoms with E-state index >= 15 is 0 Å². The van der Waals surface area contributed by atoms with E-state index in [1.165, 1.54) is 0 Å². The third-order valence-corrected chi connectivity index (χ3v) is 3.99. The summed E-state index contributed by atoms with van der Waals surface area (Å²) in [4.78, 5) is 6.87. The molecule has 1 saturated heterocycles. The summed E-state index contributed by atoms with van der Waals surface area (Å²) in [5.74, 6) is 0.847. The number of anilines is 1. The number of ether oxygens (including phenoxy) is 1. The molecule has 1 aromatic heterocycles. The molecule has 2 N–H and O–H groups in total. The molecule has 22 heavy (non-hydrogen) atoms. The second kappa shape index (κ2) is 7.05. The van der Waals surface area contributed by atoms with Crippen molar-refractivity contribution in [2.45, 2.75) is 13.0 Å². The Bertz CT molecular complexity index is 626. The molecule has 0 aliphatic carbocycles. The van der Waals surface area contributed by atoms with E-state index in [2.05, 4.69) is 27.3 Å². The van der Waals surface area contributed by atoms with Gasteiger partial charge in [0.05, 0.1) is 24.8 Å². The summed E-state index contributed by atoms with van der Waals surface area (Å²) in [6.45, 7) is 6.51. The minimum absolute atomic E-state index is 0.411. The lowest BCUT2D eigenvalue weighted by molar-refractivity contribution is 0.0171. The molecule has 5 nitrogen and oxygen atoms in total. The fourth-order valence-corrected chi connectivity index (χ4v) is 2.76. The SMILES string of the molecule is Cc1cc2ccccc2nc1NC[C@@H](O)CN1CCOCC1. The molecule has 1 aliphatic heterocycles. The van der Waals surface area contributed by atoms with E-state index in [-0.39, 0.29) is 0 Å². The van der Waals surface area contributed by atoms with Crippen molar-refractivity contribution in [1.29, 1.82) is 0 Å². The second-order valence-electron chi connectivity index (χ2n) is 5.79. The number of aromatic nitrogens is 1. The summed E-state index contributed by atoms with van der Waals surface area (Å²) in [7, 11) is 0. The highest BCUT2D eigenvalue weighted by Gasteiger charge is 2.15. The van der Waals surface area contributed by atoms with Gasteiger partial charge in [-0.2, -0.15) is 0 Å². The summed E-state index contributed by atoms with van der Waals surface area (Å²) in [5.41, 5.74) is 2.07. The molecular weight excluding hydrogens is 278 g/mol. The zero-order chi connectivity index (χ0) is 15.4. The molecule has 1 aliphatic rings. The van der Waals surface area contributed by atoms with E-state index in [0.717, 1.165) is 48.6 Å². The largest absolute Gasteiger partial charge is 0.390 e. The number of fused-ring (bicyclic) bond motifs is 1. The minimum Gasteiger partial charge on any atom is -0.390 e. The molecule has 0 spiro atoms. The molecule has 0 unspecified atom stereocenters. The smallest absolute Gasteiger partial charge is 0.129 e. The first-order chi connectivity index (χ1) is 10.7. The number of aliphatic hydroxyl groups excluding tert-OH is 1. The number of morpholine rings is 1. The van der Waals surface area contributed by atoms with E-state index in [0.29, 0.717) is 13.1 Å². The van der Waals surface area contributed by atoms with Crippen LogP contribution in [-0.4, -0.2) is 60.5 Å². The van der Waals surface area contributed by atoms with Crippen LogP contribution < -0.4 is 5.32 Å². The first-order valence-corrected chi connectivity index (χ1v) is 7.81.